The van der Waals surface area contributed by atoms with Crippen molar-refractivity contribution in [2.45, 2.75) is 33.6 Å². The minimum Gasteiger partial charge on any atom is -0.507 e. The third-order valence-electron chi connectivity index (χ3n) is 2.95. The Morgan fingerprint density at radius 2 is 1.73 bits per heavy atom. The summed E-state index contributed by atoms with van der Waals surface area (Å²) in [5.41, 5.74) is 9.22. The Bertz CT molecular complexity index is 345. The van der Waals surface area contributed by atoms with Gasteiger partial charge in [0.2, 0.25) is 0 Å². The van der Waals surface area contributed by atoms with Gasteiger partial charge in [0.15, 0.2) is 0 Å². The highest BCUT2D eigenvalue weighted by atomic mass is 35.5. The molecule has 3 heteroatoms. The van der Waals surface area contributed by atoms with Crippen LogP contribution in [0.1, 0.15) is 28.7 Å². The fourth-order valence-electron chi connectivity index (χ4n) is 1.74. The van der Waals surface area contributed by atoms with E-state index in [9.17, 15) is 5.11 Å². The molecule has 15 heavy (non-hydrogen) atoms. The first-order valence-corrected chi connectivity index (χ1v) is 5.55. The van der Waals surface area contributed by atoms with Gasteiger partial charge in [0.25, 0.3) is 0 Å². The van der Waals surface area contributed by atoms with Gasteiger partial charge >= 0.3 is 0 Å². The molecule has 0 fully saturated rings. The zero-order valence-electron chi connectivity index (χ0n) is 9.52. The third kappa shape index (κ3) is 2.27. The van der Waals surface area contributed by atoms with Crippen LogP contribution < -0.4 is 5.73 Å². The van der Waals surface area contributed by atoms with Gasteiger partial charge in [0, 0.05) is 5.02 Å². The van der Waals surface area contributed by atoms with Crippen LogP contribution in [0, 0.1) is 20.8 Å². The summed E-state index contributed by atoms with van der Waals surface area (Å²) >= 11 is 6.20. The largest absolute Gasteiger partial charge is 0.507 e. The number of rotatable bonds is 3. The van der Waals surface area contributed by atoms with Crippen molar-refractivity contribution in [3.63, 3.8) is 0 Å². The Morgan fingerprint density at radius 3 is 2.27 bits per heavy atom. The quantitative estimate of drug-likeness (QED) is 0.834. The van der Waals surface area contributed by atoms with Crippen LogP contribution in [0.4, 0.5) is 0 Å². The number of halogens is 1. The summed E-state index contributed by atoms with van der Waals surface area (Å²) in [6, 6.07) is 0. The molecule has 0 bridgehead atoms. The first-order chi connectivity index (χ1) is 7.00. The summed E-state index contributed by atoms with van der Waals surface area (Å²) in [4.78, 5) is 0. The van der Waals surface area contributed by atoms with Crippen molar-refractivity contribution in [3.8, 4) is 5.75 Å². The molecule has 2 nitrogen and oxygen atoms in total. The molecule has 1 rings (SSSR count). The topological polar surface area (TPSA) is 46.2 Å². The lowest BCUT2D eigenvalue weighted by atomic mass is 9.96. The van der Waals surface area contributed by atoms with Crippen molar-refractivity contribution in [1.82, 2.24) is 0 Å². The molecular weight excluding hydrogens is 210 g/mol. The molecule has 0 heterocycles. The zero-order valence-corrected chi connectivity index (χ0v) is 10.3. The molecule has 0 spiro atoms. The fraction of sp³-hybridized carbons (Fsp3) is 0.500. The first-order valence-electron chi connectivity index (χ1n) is 5.17. The van der Waals surface area contributed by atoms with Gasteiger partial charge in [-0.3, -0.25) is 0 Å². The van der Waals surface area contributed by atoms with Crippen molar-refractivity contribution >= 4 is 11.6 Å². The Kier molecular flexibility index (Phi) is 4.00. The van der Waals surface area contributed by atoms with Gasteiger partial charge in [0.05, 0.1) is 0 Å². The Labute approximate surface area is 96.1 Å². The van der Waals surface area contributed by atoms with E-state index in [0.717, 1.165) is 40.1 Å². The number of aromatic hydroxyl groups is 1. The molecule has 0 aliphatic rings. The van der Waals surface area contributed by atoms with Crippen LogP contribution in [0.25, 0.3) is 0 Å². The maximum atomic E-state index is 10.0. The molecule has 0 radical (unpaired) electrons. The minimum absolute atomic E-state index is 0.378. The number of nitrogens with two attached hydrogens (primary N) is 1. The Balaban J connectivity index is 3.26. The van der Waals surface area contributed by atoms with E-state index >= 15 is 0 Å². The number of phenolic OH excluding ortho intramolecular Hbond substituents is 1. The van der Waals surface area contributed by atoms with Gasteiger partial charge < -0.3 is 10.8 Å². The van der Waals surface area contributed by atoms with Crippen LogP contribution in [0.3, 0.4) is 0 Å². The molecular formula is C12H18ClNO. The summed E-state index contributed by atoms with van der Waals surface area (Å²) in [6.07, 6.45) is 1.65. The SMILES string of the molecule is Cc1c(C)c(Cl)c(C)c(CCCN)c1O. The molecule has 84 valence electrons. The standard InChI is InChI=1S/C12H18ClNO/c1-7-8(2)12(15)10(5-4-6-14)9(3)11(7)13/h15H,4-6,14H2,1-3H3. The highest BCUT2D eigenvalue weighted by Gasteiger charge is 2.14. The van der Waals surface area contributed by atoms with E-state index in [0.29, 0.717) is 12.3 Å². The van der Waals surface area contributed by atoms with Crippen LogP contribution in [0.2, 0.25) is 5.02 Å². The van der Waals surface area contributed by atoms with E-state index in [-0.39, 0.29) is 0 Å². The van der Waals surface area contributed by atoms with Gasteiger partial charge in [-0.15, -0.1) is 0 Å². The van der Waals surface area contributed by atoms with E-state index in [1.165, 1.54) is 0 Å². The van der Waals surface area contributed by atoms with Crippen molar-refractivity contribution in [3.05, 3.63) is 27.3 Å². The van der Waals surface area contributed by atoms with Crippen LogP contribution in [-0.4, -0.2) is 11.7 Å². The highest BCUT2D eigenvalue weighted by molar-refractivity contribution is 6.32. The zero-order chi connectivity index (χ0) is 11.6. The molecule has 0 aromatic heterocycles. The predicted octanol–water partition coefficient (Wildman–Crippen LogP) is 2.86. The molecule has 1 aromatic carbocycles. The average molecular weight is 228 g/mol. The molecule has 0 aliphatic carbocycles. The molecule has 0 atom stereocenters. The van der Waals surface area contributed by atoms with Gasteiger partial charge in [-0.2, -0.15) is 0 Å². The lowest BCUT2D eigenvalue weighted by Gasteiger charge is -2.15. The summed E-state index contributed by atoms with van der Waals surface area (Å²) in [6.45, 7) is 6.39. The fourth-order valence-corrected chi connectivity index (χ4v) is 2.00. The average Bonchev–Trinajstić information content (AvgIpc) is 2.24. The molecule has 1 aromatic rings. The Morgan fingerprint density at radius 1 is 1.13 bits per heavy atom. The van der Waals surface area contributed by atoms with E-state index in [1.54, 1.807) is 0 Å². The second-order valence-corrected chi connectivity index (χ2v) is 4.29. The predicted molar refractivity (Wildman–Crippen MR) is 64.7 cm³/mol. The summed E-state index contributed by atoms with van der Waals surface area (Å²) in [5.74, 6) is 0.378. The van der Waals surface area contributed by atoms with Crippen LogP contribution >= 0.6 is 11.6 Å². The van der Waals surface area contributed by atoms with Gasteiger partial charge in [-0.25, -0.2) is 0 Å². The maximum absolute atomic E-state index is 10.0. The monoisotopic (exact) mass is 227 g/mol. The van der Waals surface area contributed by atoms with Crippen LogP contribution in [0.15, 0.2) is 0 Å². The van der Waals surface area contributed by atoms with Gasteiger partial charge in [0.1, 0.15) is 5.75 Å². The molecule has 0 saturated carbocycles. The normalized spacial score (nSPS) is 10.7. The van der Waals surface area contributed by atoms with Crippen molar-refractivity contribution in [1.29, 1.82) is 0 Å². The molecule has 0 saturated heterocycles. The van der Waals surface area contributed by atoms with Gasteiger partial charge in [-0.1, -0.05) is 11.6 Å². The molecule has 0 unspecified atom stereocenters. The van der Waals surface area contributed by atoms with E-state index in [1.807, 2.05) is 20.8 Å². The smallest absolute Gasteiger partial charge is 0.122 e. The van der Waals surface area contributed by atoms with Crippen LogP contribution in [0.5, 0.6) is 5.75 Å². The number of phenols is 1. The van der Waals surface area contributed by atoms with Crippen LogP contribution in [-0.2, 0) is 6.42 Å². The molecule has 0 aliphatic heterocycles. The first kappa shape index (κ1) is 12.3. The molecule has 3 N–H and O–H groups in total. The summed E-state index contributed by atoms with van der Waals surface area (Å²) < 4.78 is 0. The minimum atomic E-state index is 0.378. The van der Waals surface area contributed by atoms with E-state index in [4.69, 9.17) is 17.3 Å². The second kappa shape index (κ2) is 4.86. The van der Waals surface area contributed by atoms with Gasteiger partial charge in [-0.05, 0) is 62.4 Å². The van der Waals surface area contributed by atoms with E-state index < -0.39 is 0 Å². The summed E-state index contributed by atoms with van der Waals surface area (Å²) in [5, 5.41) is 10.8. The van der Waals surface area contributed by atoms with Crippen molar-refractivity contribution in [2.24, 2.45) is 5.73 Å². The molecule has 0 amide bonds. The summed E-state index contributed by atoms with van der Waals surface area (Å²) in [7, 11) is 0. The van der Waals surface area contributed by atoms with Crippen molar-refractivity contribution in [2.75, 3.05) is 6.54 Å². The highest BCUT2D eigenvalue weighted by Crippen LogP contribution is 2.35. The van der Waals surface area contributed by atoms with E-state index in [2.05, 4.69) is 0 Å². The van der Waals surface area contributed by atoms with Crippen molar-refractivity contribution < 1.29 is 5.11 Å². The number of hydrogen-bond acceptors (Lipinski definition) is 2. The number of hydrogen-bond donors (Lipinski definition) is 2. The lowest BCUT2D eigenvalue weighted by molar-refractivity contribution is 0.461. The second-order valence-electron chi connectivity index (χ2n) is 3.91. The third-order valence-corrected chi connectivity index (χ3v) is 3.51. The lowest BCUT2D eigenvalue weighted by Crippen LogP contribution is -2.03. The maximum Gasteiger partial charge on any atom is 0.122 e. The Hall–Kier alpha value is -0.730. The number of benzene rings is 1.